The number of hydrogen-bond acceptors (Lipinski definition) is 4. The fraction of sp³-hybridized carbons (Fsp3) is 0.714. The van der Waals surface area contributed by atoms with Crippen LogP contribution in [0.1, 0.15) is 62.7 Å². The van der Waals surface area contributed by atoms with Crippen molar-refractivity contribution in [2.75, 3.05) is 6.54 Å². The fourth-order valence-electron chi connectivity index (χ4n) is 2.19. The maximum absolute atomic E-state index is 12.0. The Balaban J connectivity index is 1.90. The van der Waals surface area contributed by atoms with Crippen LogP contribution in [0, 0.1) is 0 Å². The Kier molecular flexibility index (Phi) is 3.85. The Bertz CT molecular complexity index is 412. The smallest absolute Gasteiger partial charge is 0.202 e. The SMILES string of the molecule is CC(C)(C)c1cc(C(=O)CCC2CCCN2)on1. The summed E-state index contributed by atoms with van der Waals surface area (Å²) in [4.78, 5) is 12.0. The van der Waals surface area contributed by atoms with Gasteiger partial charge in [-0.15, -0.1) is 0 Å². The molecule has 1 fully saturated rings. The number of carbonyl (C=O) groups is 1. The number of aromatic nitrogens is 1. The van der Waals surface area contributed by atoms with Gasteiger partial charge in [0.15, 0.2) is 0 Å². The van der Waals surface area contributed by atoms with E-state index in [0.29, 0.717) is 18.2 Å². The van der Waals surface area contributed by atoms with E-state index in [2.05, 4.69) is 31.2 Å². The first kappa shape index (κ1) is 13.3. The second-order valence-corrected chi connectivity index (χ2v) is 6.08. The summed E-state index contributed by atoms with van der Waals surface area (Å²) in [6.07, 6.45) is 3.83. The van der Waals surface area contributed by atoms with Gasteiger partial charge in [0.2, 0.25) is 11.5 Å². The molecule has 1 aliphatic heterocycles. The number of nitrogens with one attached hydrogen (secondary N) is 1. The molecule has 0 radical (unpaired) electrons. The first-order valence-electron chi connectivity index (χ1n) is 6.70. The fourth-order valence-corrected chi connectivity index (χ4v) is 2.19. The van der Waals surface area contributed by atoms with Crippen molar-refractivity contribution in [3.8, 4) is 0 Å². The second kappa shape index (κ2) is 5.22. The van der Waals surface area contributed by atoms with Crippen LogP contribution in [0.3, 0.4) is 0 Å². The second-order valence-electron chi connectivity index (χ2n) is 6.08. The summed E-state index contributed by atoms with van der Waals surface area (Å²) in [5, 5.41) is 7.37. The molecule has 18 heavy (non-hydrogen) atoms. The molecule has 0 bridgehead atoms. The molecule has 0 saturated carbocycles. The van der Waals surface area contributed by atoms with Crippen molar-refractivity contribution in [2.24, 2.45) is 0 Å². The largest absolute Gasteiger partial charge is 0.353 e. The van der Waals surface area contributed by atoms with E-state index in [4.69, 9.17) is 4.52 Å². The molecule has 1 atom stereocenters. The van der Waals surface area contributed by atoms with Crippen molar-refractivity contribution in [3.05, 3.63) is 17.5 Å². The molecule has 0 amide bonds. The molecule has 1 N–H and O–H groups in total. The van der Waals surface area contributed by atoms with Crippen molar-refractivity contribution in [1.29, 1.82) is 0 Å². The minimum atomic E-state index is -0.0744. The molecule has 1 aromatic heterocycles. The Labute approximate surface area is 108 Å². The third-order valence-electron chi connectivity index (χ3n) is 3.44. The van der Waals surface area contributed by atoms with Crippen LogP contribution in [0.4, 0.5) is 0 Å². The number of carbonyl (C=O) groups excluding carboxylic acids is 1. The van der Waals surface area contributed by atoms with Crippen LogP contribution in [-0.2, 0) is 5.41 Å². The lowest BCUT2D eigenvalue weighted by atomic mass is 9.92. The maximum atomic E-state index is 12.0. The lowest BCUT2D eigenvalue weighted by Gasteiger charge is -2.12. The van der Waals surface area contributed by atoms with Crippen LogP contribution in [0.25, 0.3) is 0 Å². The highest BCUT2D eigenvalue weighted by Crippen LogP contribution is 2.22. The van der Waals surface area contributed by atoms with E-state index in [9.17, 15) is 4.79 Å². The highest BCUT2D eigenvalue weighted by Gasteiger charge is 2.22. The molecule has 1 aliphatic rings. The van der Waals surface area contributed by atoms with E-state index in [1.165, 1.54) is 12.8 Å². The first-order chi connectivity index (χ1) is 8.47. The quantitative estimate of drug-likeness (QED) is 0.835. The summed E-state index contributed by atoms with van der Waals surface area (Å²) in [5.74, 6) is 0.463. The van der Waals surface area contributed by atoms with Crippen molar-refractivity contribution < 1.29 is 9.32 Å². The highest BCUT2D eigenvalue weighted by molar-refractivity contribution is 5.93. The third kappa shape index (κ3) is 3.19. The van der Waals surface area contributed by atoms with E-state index >= 15 is 0 Å². The molecule has 4 heteroatoms. The minimum absolute atomic E-state index is 0.0618. The topological polar surface area (TPSA) is 55.1 Å². The summed E-state index contributed by atoms with van der Waals surface area (Å²) >= 11 is 0. The van der Waals surface area contributed by atoms with Gasteiger partial charge in [0.25, 0.3) is 0 Å². The number of nitrogens with zero attached hydrogens (tertiary/aromatic N) is 1. The average molecular weight is 250 g/mol. The van der Waals surface area contributed by atoms with Gasteiger partial charge >= 0.3 is 0 Å². The van der Waals surface area contributed by atoms with Crippen LogP contribution in [-0.4, -0.2) is 23.5 Å². The zero-order valence-corrected chi connectivity index (χ0v) is 11.5. The van der Waals surface area contributed by atoms with Crippen LogP contribution >= 0.6 is 0 Å². The third-order valence-corrected chi connectivity index (χ3v) is 3.44. The molecule has 1 aromatic rings. The maximum Gasteiger partial charge on any atom is 0.202 e. The number of ketones is 1. The first-order valence-corrected chi connectivity index (χ1v) is 6.70. The molecular weight excluding hydrogens is 228 g/mol. The predicted octanol–water partition coefficient (Wildman–Crippen LogP) is 2.69. The molecule has 0 aromatic carbocycles. The summed E-state index contributed by atoms with van der Waals surface area (Å²) in [6, 6.07) is 2.28. The zero-order valence-electron chi connectivity index (χ0n) is 11.5. The molecule has 0 aliphatic carbocycles. The van der Waals surface area contributed by atoms with E-state index in [1.54, 1.807) is 6.07 Å². The Hall–Kier alpha value is -1.16. The molecule has 1 saturated heterocycles. The molecule has 100 valence electrons. The van der Waals surface area contributed by atoms with Gasteiger partial charge in [0.05, 0.1) is 5.69 Å². The molecular formula is C14H22N2O2. The van der Waals surface area contributed by atoms with Gasteiger partial charge in [-0.2, -0.15) is 0 Å². The summed E-state index contributed by atoms with van der Waals surface area (Å²) < 4.78 is 5.15. The molecule has 2 rings (SSSR count). The summed E-state index contributed by atoms with van der Waals surface area (Å²) in [7, 11) is 0. The van der Waals surface area contributed by atoms with Crippen LogP contribution in [0.15, 0.2) is 10.6 Å². The molecule has 0 spiro atoms. The van der Waals surface area contributed by atoms with Gasteiger partial charge in [-0.25, -0.2) is 0 Å². The minimum Gasteiger partial charge on any atom is -0.353 e. The number of rotatable bonds is 4. The molecule has 2 heterocycles. The van der Waals surface area contributed by atoms with Gasteiger partial charge in [-0.1, -0.05) is 25.9 Å². The number of hydrogen-bond donors (Lipinski definition) is 1. The van der Waals surface area contributed by atoms with Crippen molar-refractivity contribution in [3.63, 3.8) is 0 Å². The van der Waals surface area contributed by atoms with Gasteiger partial charge in [0.1, 0.15) is 0 Å². The van der Waals surface area contributed by atoms with Crippen LogP contribution in [0.5, 0.6) is 0 Å². The van der Waals surface area contributed by atoms with Crippen LogP contribution in [0.2, 0.25) is 0 Å². The normalized spacial score (nSPS) is 20.3. The zero-order chi connectivity index (χ0) is 13.2. The van der Waals surface area contributed by atoms with E-state index in [0.717, 1.165) is 18.7 Å². The van der Waals surface area contributed by atoms with Crippen molar-refractivity contribution in [1.82, 2.24) is 10.5 Å². The summed E-state index contributed by atoms with van der Waals surface area (Å²) in [6.45, 7) is 7.25. The molecule has 1 unspecified atom stereocenters. The number of Topliss-reactive ketones (excluding diaryl/α,β-unsaturated/α-hetero) is 1. The Morgan fingerprint density at radius 2 is 2.33 bits per heavy atom. The van der Waals surface area contributed by atoms with Gasteiger partial charge in [-0.05, 0) is 25.8 Å². The van der Waals surface area contributed by atoms with Crippen molar-refractivity contribution in [2.45, 2.75) is 57.9 Å². The summed E-state index contributed by atoms with van der Waals surface area (Å²) in [5.41, 5.74) is 0.763. The predicted molar refractivity (Wildman–Crippen MR) is 69.8 cm³/mol. The average Bonchev–Trinajstić information content (AvgIpc) is 2.96. The Morgan fingerprint density at radius 1 is 1.56 bits per heavy atom. The van der Waals surface area contributed by atoms with Gasteiger partial charge < -0.3 is 9.84 Å². The van der Waals surface area contributed by atoms with E-state index in [-0.39, 0.29) is 11.2 Å². The highest BCUT2D eigenvalue weighted by atomic mass is 16.5. The standard InChI is InChI=1S/C14H22N2O2/c1-14(2,3)13-9-12(18-16-13)11(17)7-6-10-5-4-8-15-10/h9-10,15H,4-8H2,1-3H3. The van der Waals surface area contributed by atoms with E-state index in [1.807, 2.05) is 0 Å². The van der Waals surface area contributed by atoms with Crippen LogP contribution < -0.4 is 5.32 Å². The van der Waals surface area contributed by atoms with Crippen molar-refractivity contribution >= 4 is 5.78 Å². The van der Waals surface area contributed by atoms with Gasteiger partial charge in [0, 0.05) is 23.9 Å². The van der Waals surface area contributed by atoms with Gasteiger partial charge in [-0.3, -0.25) is 4.79 Å². The van der Waals surface area contributed by atoms with E-state index < -0.39 is 0 Å². The lowest BCUT2D eigenvalue weighted by molar-refractivity contribution is 0.0940. The lowest BCUT2D eigenvalue weighted by Crippen LogP contribution is -2.22. The Morgan fingerprint density at radius 3 is 2.89 bits per heavy atom. The molecule has 4 nitrogen and oxygen atoms in total. The monoisotopic (exact) mass is 250 g/mol.